The molecule has 0 aliphatic carbocycles. The number of nitrogens with one attached hydrogen (secondary N) is 3. The van der Waals surface area contributed by atoms with Crippen LogP contribution in [0.5, 0.6) is 0 Å². The van der Waals surface area contributed by atoms with E-state index in [1.807, 2.05) is 97.9 Å². The molecule has 10 heteroatoms. The van der Waals surface area contributed by atoms with Crippen LogP contribution in [0.15, 0.2) is 66.2 Å². The van der Waals surface area contributed by atoms with Gasteiger partial charge in [-0.15, -0.1) is 0 Å². The Morgan fingerprint density at radius 2 is 1.47 bits per heavy atom. The predicted octanol–water partition coefficient (Wildman–Crippen LogP) is 4.47. The molecule has 45 heavy (non-hydrogen) atoms. The molecule has 0 saturated heterocycles. The van der Waals surface area contributed by atoms with E-state index in [4.69, 9.17) is 0 Å². The van der Waals surface area contributed by atoms with Gasteiger partial charge in [-0.25, -0.2) is 13.1 Å². The van der Waals surface area contributed by atoms with Gasteiger partial charge in [0, 0.05) is 18.0 Å². The summed E-state index contributed by atoms with van der Waals surface area (Å²) in [5.41, 5.74) is 1.34. The van der Waals surface area contributed by atoms with Crippen LogP contribution in [0.25, 0.3) is 0 Å². The van der Waals surface area contributed by atoms with Gasteiger partial charge < -0.3 is 15.5 Å². The maximum Gasteiger partial charge on any atom is 0.260 e. The van der Waals surface area contributed by atoms with Crippen molar-refractivity contribution in [1.82, 2.24) is 20.3 Å². The van der Waals surface area contributed by atoms with E-state index in [0.29, 0.717) is 5.56 Å². The lowest BCUT2D eigenvalue weighted by atomic mass is 9.76. The third-order valence-electron chi connectivity index (χ3n) is 8.30. The minimum Gasteiger partial charge on any atom is -0.342 e. The third-order valence-corrected chi connectivity index (χ3v) is 9.49. The van der Waals surface area contributed by atoms with Crippen LogP contribution in [0.1, 0.15) is 72.1 Å². The Kier molecular flexibility index (Phi) is 12.7. The molecule has 2 aromatic rings. The SMILES string of the molecule is CN[C@H](C(=O)N[C@H](C(=O)N(C)[C@H](/C=C(\C)C(=O)NS(=O)(=O)Cc1ccccc1C)C(C)C)C(C)(C)C)C(C)(C)c1ccccc1. The second kappa shape index (κ2) is 15.2. The summed E-state index contributed by atoms with van der Waals surface area (Å²) in [4.78, 5) is 42.4. The zero-order valence-corrected chi connectivity index (χ0v) is 29.5. The number of hydrogen-bond donors (Lipinski definition) is 3. The van der Waals surface area contributed by atoms with Crippen molar-refractivity contribution >= 4 is 27.7 Å². The van der Waals surface area contributed by atoms with Gasteiger partial charge in [-0.2, -0.15) is 0 Å². The van der Waals surface area contributed by atoms with Crippen LogP contribution < -0.4 is 15.4 Å². The number of aryl methyl sites for hydroxylation is 1. The predicted molar refractivity (Wildman–Crippen MR) is 181 cm³/mol. The number of hydrogen-bond acceptors (Lipinski definition) is 6. The van der Waals surface area contributed by atoms with Crippen LogP contribution >= 0.6 is 0 Å². The van der Waals surface area contributed by atoms with Crippen LogP contribution in [0, 0.1) is 18.3 Å². The van der Waals surface area contributed by atoms with Gasteiger partial charge in [0.25, 0.3) is 5.91 Å². The summed E-state index contributed by atoms with van der Waals surface area (Å²) in [5, 5.41) is 6.16. The molecule has 0 saturated carbocycles. The monoisotopic (exact) mass is 640 g/mol. The van der Waals surface area contributed by atoms with Crippen LogP contribution in [0.3, 0.4) is 0 Å². The van der Waals surface area contributed by atoms with E-state index in [0.717, 1.165) is 11.1 Å². The average Bonchev–Trinajstić information content (AvgIpc) is 2.94. The van der Waals surface area contributed by atoms with Gasteiger partial charge in [0.15, 0.2) is 0 Å². The summed E-state index contributed by atoms with van der Waals surface area (Å²) < 4.78 is 27.8. The zero-order valence-electron chi connectivity index (χ0n) is 28.7. The standard InChI is InChI=1S/C35H52N4O5S/c1-23(2)28(21-25(4)31(40)38-45(43,44)22-26-18-16-15-17-24(26)3)39(11)33(42)30(34(5,6)7)37-32(41)29(36-10)35(8,9)27-19-13-12-14-20-27/h12-21,23,28-30,36H,22H2,1-11H3,(H,37,41)(H,38,40)/b25-21+/t28-,29-,30-/m1/s1. The van der Waals surface area contributed by atoms with E-state index in [1.165, 1.54) is 11.8 Å². The van der Waals surface area contributed by atoms with Crippen molar-refractivity contribution in [3.05, 3.63) is 82.9 Å². The van der Waals surface area contributed by atoms with Gasteiger partial charge >= 0.3 is 0 Å². The Morgan fingerprint density at radius 3 is 1.98 bits per heavy atom. The highest BCUT2D eigenvalue weighted by molar-refractivity contribution is 7.89. The molecule has 248 valence electrons. The first-order valence-corrected chi connectivity index (χ1v) is 17.0. The minimum atomic E-state index is -3.96. The van der Waals surface area contributed by atoms with Gasteiger partial charge in [-0.05, 0) is 48.9 Å². The van der Waals surface area contributed by atoms with E-state index in [1.54, 1.807) is 32.3 Å². The molecule has 0 aliphatic rings. The number of sulfonamides is 1. The summed E-state index contributed by atoms with van der Waals surface area (Å²) >= 11 is 0. The lowest BCUT2D eigenvalue weighted by Crippen LogP contribution is -2.61. The normalized spacial score (nSPS) is 14.8. The largest absolute Gasteiger partial charge is 0.342 e. The lowest BCUT2D eigenvalue weighted by Gasteiger charge is -2.40. The quantitative estimate of drug-likeness (QED) is 0.278. The van der Waals surface area contributed by atoms with Crippen LogP contribution in [-0.4, -0.2) is 63.3 Å². The van der Waals surface area contributed by atoms with Crippen molar-refractivity contribution in [1.29, 1.82) is 0 Å². The average molecular weight is 641 g/mol. The van der Waals surface area contributed by atoms with E-state index in [2.05, 4.69) is 15.4 Å². The Balaban J connectivity index is 2.30. The minimum absolute atomic E-state index is 0.122. The second-order valence-corrected chi connectivity index (χ2v) is 15.5. The molecule has 0 aromatic heterocycles. The number of carbonyl (C=O) groups is 3. The summed E-state index contributed by atoms with van der Waals surface area (Å²) in [5.74, 6) is -1.83. The molecule has 0 heterocycles. The molecule has 2 rings (SSSR count). The van der Waals surface area contributed by atoms with Crippen molar-refractivity contribution in [2.45, 2.75) is 91.6 Å². The van der Waals surface area contributed by atoms with Gasteiger partial charge in [-0.3, -0.25) is 14.4 Å². The second-order valence-electron chi connectivity index (χ2n) is 13.8. The maximum atomic E-state index is 14.1. The number of amides is 3. The Morgan fingerprint density at radius 1 is 0.911 bits per heavy atom. The Hall–Kier alpha value is -3.50. The van der Waals surface area contributed by atoms with Gasteiger partial charge in [-0.1, -0.05) is 109 Å². The number of carbonyl (C=O) groups excluding carboxylic acids is 3. The maximum absolute atomic E-state index is 14.1. The molecule has 2 aromatic carbocycles. The Labute approximate surface area is 270 Å². The molecule has 0 aliphatic heterocycles. The summed E-state index contributed by atoms with van der Waals surface area (Å²) in [6, 6.07) is 14.8. The van der Waals surface area contributed by atoms with Crippen molar-refractivity contribution in [3.8, 4) is 0 Å². The van der Waals surface area contributed by atoms with Crippen molar-refractivity contribution in [2.75, 3.05) is 14.1 Å². The lowest BCUT2D eigenvalue weighted by molar-refractivity contribution is -0.140. The van der Waals surface area contributed by atoms with Gasteiger partial charge in [0.05, 0.1) is 17.8 Å². The smallest absolute Gasteiger partial charge is 0.260 e. The highest BCUT2D eigenvalue weighted by Crippen LogP contribution is 2.29. The summed E-state index contributed by atoms with van der Waals surface area (Å²) in [7, 11) is -0.595. The first-order valence-electron chi connectivity index (χ1n) is 15.3. The van der Waals surface area contributed by atoms with E-state index in [-0.39, 0.29) is 29.1 Å². The summed E-state index contributed by atoms with van der Waals surface area (Å²) in [6.07, 6.45) is 1.61. The fourth-order valence-electron chi connectivity index (χ4n) is 5.40. The van der Waals surface area contributed by atoms with Gasteiger partial charge in [0.2, 0.25) is 21.8 Å². The molecule has 0 spiro atoms. The number of nitrogens with zero attached hydrogens (tertiary/aromatic N) is 1. The topological polar surface area (TPSA) is 125 Å². The first kappa shape index (κ1) is 37.7. The first-order chi connectivity index (χ1) is 20.7. The Bertz CT molecular complexity index is 1480. The molecule has 9 nitrogen and oxygen atoms in total. The van der Waals surface area contributed by atoms with Gasteiger partial charge in [0.1, 0.15) is 6.04 Å². The number of benzene rings is 2. The van der Waals surface area contributed by atoms with E-state index < -0.39 is 44.9 Å². The zero-order chi connectivity index (χ0) is 34.3. The molecule has 0 fully saturated rings. The highest BCUT2D eigenvalue weighted by atomic mass is 32.2. The van der Waals surface area contributed by atoms with Crippen molar-refractivity contribution in [3.63, 3.8) is 0 Å². The molecule has 0 radical (unpaired) electrons. The molecule has 0 unspecified atom stereocenters. The molecule has 3 atom stereocenters. The summed E-state index contributed by atoms with van der Waals surface area (Å²) in [6.45, 7) is 16.8. The molecule has 0 bridgehead atoms. The molecule has 3 amide bonds. The molecular formula is C35H52N4O5S. The van der Waals surface area contributed by atoms with Crippen molar-refractivity contribution < 1.29 is 22.8 Å². The van der Waals surface area contributed by atoms with Crippen LogP contribution in [0.2, 0.25) is 0 Å². The van der Waals surface area contributed by atoms with Crippen molar-refractivity contribution in [2.24, 2.45) is 11.3 Å². The molecular weight excluding hydrogens is 588 g/mol. The van der Waals surface area contributed by atoms with E-state index >= 15 is 0 Å². The fraction of sp³-hybridized carbons (Fsp3) is 0.514. The van der Waals surface area contributed by atoms with Crippen LogP contribution in [-0.2, 0) is 35.6 Å². The molecule has 3 N–H and O–H groups in total. The van der Waals surface area contributed by atoms with Crippen LogP contribution in [0.4, 0.5) is 0 Å². The highest BCUT2D eigenvalue weighted by Gasteiger charge is 2.41. The number of rotatable bonds is 13. The third kappa shape index (κ3) is 9.99. The van der Waals surface area contributed by atoms with E-state index in [9.17, 15) is 22.8 Å². The fourth-order valence-corrected chi connectivity index (χ4v) is 6.65. The number of likely N-dealkylation sites (N-methyl/N-ethyl adjacent to an activating group) is 2.